The van der Waals surface area contributed by atoms with E-state index in [-0.39, 0.29) is 17.9 Å². The van der Waals surface area contributed by atoms with Gasteiger partial charge < -0.3 is 36.2 Å². The number of phenolic OH excluding ortho intramolecular Hbond substituents is 1. The van der Waals surface area contributed by atoms with Crippen molar-refractivity contribution in [2.24, 2.45) is 0 Å². The fourth-order valence-electron chi connectivity index (χ4n) is 3.51. The van der Waals surface area contributed by atoms with Gasteiger partial charge in [-0.3, -0.25) is 0 Å². The summed E-state index contributed by atoms with van der Waals surface area (Å²) in [5, 5.41) is 39.2. The molecule has 29 heavy (non-hydrogen) atoms. The lowest BCUT2D eigenvalue weighted by Crippen LogP contribution is -2.43. The first-order chi connectivity index (χ1) is 13.8. The summed E-state index contributed by atoms with van der Waals surface area (Å²) in [5.74, 6) is -2.41. The van der Waals surface area contributed by atoms with Crippen molar-refractivity contribution in [1.82, 2.24) is 5.32 Å². The molecule has 1 fully saturated rings. The summed E-state index contributed by atoms with van der Waals surface area (Å²) in [4.78, 5) is 19.1. The maximum absolute atomic E-state index is 10.5. The number of anilines is 1. The molecule has 9 nitrogen and oxygen atoms in total. The van der Waals surface area contributed by atoms with Crippen LogP contribution in [0.5, 0.6) is 5.75 Å². The van der Waals surface area contributed by atoms with Crippen molar-refractivity contribution in [1.29, 1.82) is 0 Å². The molecule has 0 bridgehead atoms. The standard InChI is InChI=1S/C16H24N2O3.C4H4O4/c17-15-11-4-6-13(16(20)12(11)5-7-14(15)19)18-9-10-3-1-2-8-21-10;5-3(6)1-2-4(7)8/h5,7,10,13,16,18-20H,1-4,6,8-9,17H2;1-2H,(H,5,6)(H,7,8)/b;2-1+. The van der Waals surface area contributed by atoms with E-state index in [9.17, 15) is 19.8 Å². The third-order valence-electron chi connectivity index (χ3n) is 5.03. The predicted molar refractivity (Wildman–Crippen MR) is 106 cm³/mol. The van der Waals surface area contributed by atoms with Crippen molar-refractivity contribution in [3.05, 3.63) is 35.4 Å². The number of fused-ring (bicyclic) bond motifs is 1. The second kappa shape index (κ2) is 10.8. The molecule has 1 aliphatic carbocycles. The topological polar surface area (TPSA) is 162 Å². The van der Waals surface area contributed by atoms with Gasteiger partial charge in [0.15, 0.2) is 0 Å². The molecule has 3 rings (SSSR count). The Labute approximate surface area is 168 Å². The Morgan fingerprint density at radius 3 is 2.45 bits per heavy atom. The minimum Gasteiger partial charge on any atom is -0.506 e. The number of nitrogens with two attached hydrogens (primary N) is 1. The molecular weight excluding hydrogens is 380 g/mol. The van der Waals surface area contributed by atoms with E-state index >= 15 is 0 Å². The average molecular weight is 408 g/mol. The maximum Gasteiger partial charge on any atom is 0.328 e. The molecule has 9 heteroatoms. The van der Waals surface area contributed by atoms with Crippen molar-refractivity contribution in [2.45, 2.75) is 50.4 Å². The molecule has 1 aromatic carbocycles. The van der Waals surface area contributed by atoms with Crippen LogP contribution in [0.3, 0.4) is 0 Å². The van der Waals surface area contributed by atoms with E-state index in [1.807, 2.05) is 0 Å². The number of carboxylic acid groups (broad SMARTS) is 2. The van der Waals surface area contributed by atoms with Crippen molar-refractivity contribution in [3.63, 3.8) is 0 Å². The Bertz CT molecular complexity index is 729. The number of rotatable bonds is 5. The Hall–Kier alpha value is -2.62. The third kappa shape index (κ3) is 6.74. The molecule has 1 aromatic rings. The first-order valence-corrected chi connectivity index (χ1v) is 9.56. The van der Waals surface area contributed by atoms with Gasteiger partial charge in [-0.1, -0.05) is 6.07 Å². The van der Waals surface area contributed by atoms with Crippen LogP contribution < -0.4 is 11.1 Å². The van der Waals surface area contributed by atoms with Gasteiger partial charge in [0, 0.05) is 31.3 Å². The van der Waals surface area contributed by atoms with Crippen LogP contribution in [0.1, 0.15) is 42.9 Å². The molecule has 0 spiro atoms. The van der Waals surface area contributed by atoms with Crippen LogP contribution in [-0.4, -0.2) is 57.7 Å². The van der Waals surface area contributed by atoms with Crippen LogP contribution in [0.2, 0.25) is 0 Å². The third-order valence-corrected chi connectivity index (χ3v) is 5.03. The molecule has 2 aliphatic rings. The number of benzene rings is 1. The number of aromatic hydroxyl groups is 1. The van der Waals surface area contributed by atoms with E-state index in [0.717, 1.165) is 50.0 Å². The SMILES string of the molecule is Nc1c(O)ccc2c1CCC(NCC1CCCCO1)C2O.O=C(O)/C=C/C(=O)O. The quantitative estimate of drug-likeness (QED) is 0.239. The van der Waals surface area contributed by atoms with Gasteiger partial charge in [-0.25, -0.2) is 9.59 Å². The fourth-order valence-corrected chi connectivity index (χ4v) is 3.51. The second-order valence-corrected chi connectivity index (χ2v) is 7.06. The van der Waals surface area contributed by atoms with Gasteiger partial charge in [-0.05, 0) is 49.3 Å². The highest BCUT2D eigenvalue weighted by Crippen LogP contribution is 2.37. The number of phenols is 1. The van der Waals surface area contributed by atoms with Crippen LogP contribution in [0.4, 0.5) is 5.69 Å². The van der Waals surface area contributed by atoms with Crippen LogP contribution in [0.15, 0.2) is 24.3 Å². The molecule has 3 atom stereocenters. The zero-order valence-corrected chi connectivity index (χ0v) is 16.1. The largest absolute Gasteiger partial charge is 0.506 e. The molecule has 1 aliphatic heterocycles. The Morgan fingerprint density at radius 1 is 1.17 bits per heavy atom. The zero-order chi connectivity index (χ0) is 21.4. The summed E-state index contributed by atoms with van der Waals surface area (Å²) in [6.07, 6.45) is 5.84. The normalized spacial score (nSPS) is 23.7. The Kier molecular flexibility index (Phi) is 8.44. The smallest absolute Gasteiger partial charge is 0.328 e. The minimum atomic E-state index is -1.26. The zero-order valence-electron chi connectivity index (χ0n) is 16.1. The number of hydrogen-bond donors (Lipinski definition) is 6. The first-order valence-electron chi connectivity index (χ1n) is 9.56. The number of nitrogen functional groups attached to an aromatic ring is 1. The van der Waals surface area contributed by atoms with Gasteiger partial charge in [0.05, 0.1) is 17.9 Å². The highest BCUT2D eigenvalue weighted by molar-refractivity contribution is 5.89. The highest BCUT2D eigenvalue weighted by Gasteiger charge is 2.30. The lowest BCUT2D eigenvalue weighted by atomic mass is 9.84. The molecule has 0 amide bonds. The summed E-state index contributed by atoms with van der Waals surface area (Å²) in [7, 11) is 0. The number of aliphatic hydroxyl groups excluding tert-OH is 1. The number of aliphatic hydroxyl groups is 1. The lowest BCUT2D eigenvalue weighted by Gasteiger charge is -2.33. The average Bonchev–Trinajstić information content (AvgIpc) is 2.70. The molecule has 0 aromatic heterocycles. The number of aliphatic carboxylic acids is 2. The van der Waals surface area contributed by atoms with Crippen LogP contribution in [0, 0.1) is 0 Å². The first kappa shape index (κ1) is 22.7. The number of ether oxygens (including phenoxy) is 1. The van der Waals surface area contributed by atoms with Crippen molar-refractivity contribution in [3.8, 4) is 5.75 Å². The van der Waals surface area contributed by atoms with Crippen LogP contribution in [-0.2, 0) is 20.7 Å². The van der Waals surface area contributed by atoms with Crippen LogP contribution in [0.25, 0.3) is 0 Å². The van der Waals surface area contributed by atoms with E-state index in [0.29, 0.717) is 17.8 Å². The monoisotopic (exact) mass is 408 g/mol. The summed E-state index contributed by atoms with van der Waals surface area (Å²) in [6, 6.07) is 3.35. The summed E-state index contributed by atoms with van der Waals surface area (Å²) < 4.78 is 5.71. The molecule has 1 saturated heterocycles. The number of carbonyl (C=O) groups is 2. The van der Waals surface area contributed by atoms with Crippen molar-refractivity contribution in [2.75, 3.05) is 18.9 Å². The minimum absolute atomic E-state index is 0.0203. The van der Waals surface area contributed by atoms with E-state index in [2.05, 4.69) is 5.32 Å². The van der Waals surface area contributed by atoms with Crippen LogP contribution >= 0.6 is 0 Å². The number of nitrogens with one attached hydrogen (secondary N) is 1. The van der Waals surface area contributed by atoms with Gasteiger partial charge in [0.2, 0.25) is 0 Å². The van der Waals surface area contributed by atoms with Gasteiger partial charge in [0.1, 0.15) is 5.75 Å². The molecule has 1 heterocycles. The van der Waals surface area contributed by atoms with Gasteiger partial charge in [0.25, 0.3) is 0 Å². The van der Waals surface area contributed by atoms with Gasteiger partial charge in [-0.15, -0.1) is 0 Å². The van der Waals surface area contributed by atoms with Crippen molar-refractivity contribution < 1.29 is 34.8 Å². The fraction of sp³-hybridized carbons (Fsp3) is 0.500. The summed E-state index contributed by atoms with van der Waals surface area (Å²) >= 11 is 0. The van der Waals surface area contributed by atoms with Crippen molar-refractivity contribution >= 4 is 17.6 Å². The molecule has 0 saturated carbocycles. The molecule has 3 unspecified atom stereocenters. The Balaban J connectivity index is 0.000000321. The van der Waals surface area contributed by atoms with Gasteiger partial charge >= 0.3 is 11.9 Å². The van der Waals surface area contributed by atoms with E-state index in [4.69, 9.17) is 20.7 Å². The molecule has 160 valence electrons. The second-order valence-electron chi connectivity index (χ2n) is 7.06. The highest BCUT2D eigenvalue weighted by atomic mass is 16.5. The summed E-state index contributed by atoms with van der Waals surface area (Å²) in [5.41, 5.74) is 8.02. The van der Waals surface area contributed by atoms with E-state index in [1.165, 1.54) is 6.42 Å². The number of hydrogen-bond acceptors (Lipinski definition) is 7. The summed E-state index contributed by atoms with van der Waals surface area (Å²) in [6.45, 7) is 1.63. The van der Waals surface area contributed by atoms with E-state index < -0.39 is 18.0 Å². The molecular formula is C20H28N2O7. The lowest BCUT2D eigenvalue weighted by molar-refractivity contribution is -0.134. The van der Waals surface area contributed by atoms with E-state index in [1.54, 1.807) is 12.1 Å². The predicted octanol–water partition coefficient (Wildman–Crippen LogP) is 1.19. The number of carboxylic acids is 2. The Morgan fingerprint density at radius 2 is 1.86 bits per heavy atom. The molecule has 7 N–H and O–H groups in total. The van der Waals surface area contributed by atoms with Gasteiger partial charge in [-0.2, -0.15) is 0 Å². The molecule has 0 radical (unpaired) electrons. The maximum atomic E-state index is 10.5.